The van der Waals surface area contributed by atoms with Gasteiger partial charge < -0.3 is 19.3 Å². The molecule has 0 N–H and O–H groups in total. The molecule has 0 fully saturated rings. The molecule has 0 radical (unpaired) electrons. The number of carbonyl (C=O) groups excluding carboxylic acids is 4. The molecule has 0 aliphatic carbocycles. The minimum Gasteiger partial charge on any atom is -0.464 e. The first-order valence-electron chi connectivity index (χ1n) is 7.57. The van der Waals surface area contributed by atoms with Crippen molar-refractivity contribution in [1.29, 1.82) is 0 Å². The quantitative estimate of drug-likeness (QED) is 0.429. The lowest BCUT2D eigenvalue weighted by Crippen LogP contribution is -2.36. The van der Waals surface area contributed by atoms with E-state index in [2.05, 4.69) is 0 Å². The lowest BCUT2D eigenvalue weighted by atomic mass is 10.3. The van der Waals surface area contributed by atoms with Crippen molar-refractivity contribution in [3.63, 3.8) is 0 Å². The summed E-state index contributed by atoms with van der Waals surface area (Å²) in [6, 6.07) is 0. The van der Waals surface area contributed by atoms with Gasteiger partial charge in [0.05, 0.1) is 13.0 Å². The minimum atomic E-state index is -0.494. The zero-order valence-electron chi connectivity index (χ0n) is 14.3. The zero-order chi connectivity index (χ0) is 17.8. The van der Waals surface area contributed by atoms with Crippen LogP contribution in [0.25, 0.3) is 0 Å². The first-order valence-corrected chi connectivity index (χ1v) is 7.57. The van der Waals surface area contributed by atoms with Crippen molar-refractivity contribution in [2.45, 2.75) is 40.5 Å². The minimum absolute atomic E-state index is 0.0114. The summed E-state index contributed by atoms with van der Waals surface area (Å²) in [7, 11) is 0. The number of amides is 2. The smallest absolute Gasteiger partial charge is 0.309 e. The molecule has 23 heavy (non-hydrogen) atoms. The Kier molecular flexibility index (Phi) is 10.4. The lowest BCUT2D eigenvalue weighted by Gasteiger charge is -2.22. The summed E-state index contributed by atoms with van der Waals surface area (Å²) >= 11 is 0. The van der Waals surface area contributed by atoms with Crippen molar-refractivity contribution in [3.05, 3.63) is 0 Å². The van der Waals surface area contributed by atoms with Gasteiger partial charge >= 0.3 is 11.9 Å². The fourth-order valence-corrected chi connectivity index (χ4v) is 1.76. The fourth-order valence-electron chi connectivity index (χ4n) is 1.76. The van der Waals surface area contributed by atoms with Gasteiger partial charge in [-0.3, -0.25) is 19.2 Å². The molecule has 0 spiro atoms. The monoisotopic (exact) mass is 330 g/mol. The molecule has 0 aromatic heterocycles. The van der Waals surface area contributed by atoms with Crippen LogP contribution in [0.2, 0.25) is 0 Å². The van der Waals surface area contributed by atoms with Crippen molar-refractivity contribution < 1.29 is 28.7 Å². The molecule has 0 saturated heterocycles. The lowest BCUT2D eigenvalue weighted by molar-refractivity contribution is -0.153. The van der Waals surface area contributed by atoms with Crippen LogP contribution >= 0.6 is 0 Å². The molecule has 0 rings (SSSR count). The van der Waals surface area contributed by atoms with Gasteiger partial charge in [-0.2, -0.15) is 0 Å². The zero-order valence-corrected chi connectivity index (χ0v) is 14.3. The molecule has 0 heterocycles. The largest absolute Gasteiger partial charge is 0.464 e. The van der Waals surface area contributed by atoms with E-state index >= 15 is 0 Å². The van der Waals surface area contributed by atoms with Gasteiger partial charge in [0.15, 0.2) is 6.73 Å². The van der Waals surface area contributed by atoms with Gasteiger partial charge in [0.1, 0.15) is 6.61 Å². The molecular formula is C15H26N2O6. The first-order chi connectivity index (χ1) is 10.8. The van der Waals surface area contributed by atoms with Gasteiger partial charge in [0.2, 0.25) is 11.8 Å². The maximum Gasteiger partial charge on any atom is 0.309 e. The second-order valence-electron chi connectivity index (χ2n) is 5.02. The molecule has 0 saturated carbocycles. The van der Waals surface area contributed by atoms with Crippen LogP contribution in [0.1, 0.15) is 40.5 Å². The van der Waals surface area contributed by atoms with E-state index in [4.69, 9.17) is 9.47 Å². The molecular weight excluding hydrogens is 304 g/mol. The highest BCUT2D eigenvalue weighted by molar-refractivity contribution is 5.75. The summed E-state index contributed by atoms with van der Waals surface area (Å²) in [5.41, 5.74) is 0. The van der Waals surface area contributed by atoms with Crippen LogP contribution < -0.4 is 0 Å². The summed E-state index contributed by atoms with van der Waals surface area (Å²) in [6.45, 7) is 6.89. The number of hydrogen-bond acceptors (Lipinski definition) is 6. The Bertz CT molecular complexity index is 424. The van der Waals surface area contributed by atoms with Crippen LogP contribution in [-0.2, 0) is 28.7 Å². The summed E-state index contributed by atoms with van der Waals surface area (Å²) < 4.78 is 9.80. The Morgan fingerprint density at radius 2 is 1.43 bits per heavy atom. The second kappa shape index (κ2) is 11.4. The van der Waals surface area contributed by atoms with Crippen LogP contribution in [0, 0.1) is 0 Å². The van der Waals surface area contributed by atoms with Gasteiger partial charge in [0, 0.05) is 33.9 Å². The average molecular weight is 330 g/mol. The fraction of sp³-hybridized carbons (Fsp3) is 0.733. The molecule has 0 unspecified atom stereocenters. The van der Waals surface area contributed by atoms with Gasteiger partial charge in [-0.15, -0.1) is 0 Å². The molecule has 0 atom stereocenters. The summed E-state index contributed by atoms with van der Waals surface area (Å²) in [6.07, 6.45) is 0.781. The van der Waals surface area contributed by atoms with Crippen LogP contribution in [0.3, 0.4) is 0 Å². The molecule has 0 aromatic rings. The van der Waals surface area contributed by atoms with E-state index in [-0.39, 0.29) is 44.7 Å². The van der Waals surface area contributed by atoms with Crippen molar-refractivity contribution in [2.24, 2.45) is 0 Å². The Morgan fingerprint density at radius 1 is 0.826 bits per heavy atom. The first kappa shape index (κ1) is 20.9. The van der Waals surface area contributed by atoms with Crippen molar-refractivity contribution in [3.8, 4) is 0 Å². The van der Waals surface area contributed by atoms with E-state index in [1.165, 1.54) is 30.6 Å². The Hall–Kier alpha value is -2.12. The van der Waals surface area contributed by atoms with Gasteiger partial charge in [-0.1, -0.05) is 6.92 Å². The Morgan fingerprint density at radius 3 is 1.91 bits per heavy atom. The van der Waals surface area contributed by atoms with E-state index in [0.717, 1.165) is 6.42 Å². The van der Waals surface area contributed by atoms with E-state index in [1.807, 2.05) is 6.92 Å². The predicted octanol–water partition coefficient (Wildman–Crippen LogP) is 0.547. The van der Waals surface area contributed by atoms with Crippen molar-refractivity contribution >= 4 is 23.8 Å². The van der Waals surface area contributed by atoms with E-state index in [1.54, 1.807) is 0 Å². The third kappa shape index (κ3) is 10.3. The molecule has 132 valence electrons. The third-order valence-electron chi connectivity index (χ3n) is 3.02. The van der Waals surface area contributed by atoms with Crippen LogP contribution in [0.5, 0.6) is 0 Å². The predicted molar refractivity (Wildman–Crippen MR) is 82.1 cm³/mol. The van der Waals surface area contributed by atoms with Gasteiger partial charge in [-0.25, -0.2) is 0 Å². The summed E-state index contributed by atoms with van der Waals surface area (Å²) in [4.78, 5) is 48.0. The molecule has 8 heteroatoms. The van der Waals surface area contributed by atoms with E-state index in [0.29, 0.717) is 6.54 Å². The highest BCUT2D eigenvalue weighted by Gasteiger charge is 2.14. The van der Waals surface area contributed by atoms with Crippen molar-refractivity contribution in [2.75, 3.05) is 33.0 Å². The standard InChI is InChI=1S/C15H26N2O6/c1-5-7-17(13(3)19)11-23-15(21)6-8-16(12(2)18)9-10-22-14(4)20/h5-11H2,1-4H3. The Labute approximate surface area is 136 Å². The molecule has 0 aliphatic rings. The van der Waals surface area contributed by atoms with Crippen molar-refractivity contribution in [1.82, 2.24) is 9.80 Å². The number of ether oxygens (including phenoxy) is 2. The third-order valence-corrected chi connectivity index (χ3v) is 3.02. The highest BCUT2D eigenvalue weighted by Crippen LogP contribution is 1.99. The number of esters is 2. The maximum atomic E-state index is 11.7. The van der Waals surface area contributed by atoms with E-state index in [9.17, 15) is 19.2 Å². The van der Waals surface area contributed by atoms with E-state index < -0.39 is 11.9 Å². The second-order valence-corrected chi connectivity index (χ2v) is 5.02. The number of nitrogens with zero attached hydrogens (tertiary/aromatic N) is 2. The van der Waals surface area contributed by atoms with Crippen LogP contribution in [0.4, 0.5) is 0 Å². The SMILES string of the molecule is CCCN(COC(=O)CCN(CCOC(C)=O)C(C)=O)C(C)=O. The molecule has 0 bridgehead atoms. The van der Waals surface area contributed by atoms with Gasteiger partial charge in [0.25, 0.3) is 0 Å². The number of hydrogen-bond donors (Lipinski definition) is 0. The van der Waals surface area contributed by atoms with Crippen LogP contribution in [-0.4, -0.2) is 66.5 Å². The normalized spacial score (nSPS) is 9.91. The Balaban J connectivity index is 4.18. The molecule has 2 amide bonds. The van der Waals surface area contributed by atoms with Gasteiger partial charge in [-0.05, 0) is 6.42 Å². The molecule has 8 nitrogen and oxygen atoms in total. The van der Waals surface area contributed by atoms with Crippen LogP contribution in [0.15, 0.2) is 0 Å². The summed E-state index contributed by atoms with van der Waals surface area (Å²) in [5, 5.41) is 0. The molecule has 0 aliphatic heterocycles. The molecule has 0 aromatic carbocycles. The highest BCUT2D eigenvalue weighted by atomic mass is 16.5. The number of carbonyl (C=O) groups is 4. The topological polar surface area (TPSA) is 93.2 Å². The maximum absolute atomic E-state index is 11.7. The summed E-state index contributed by atoms with van der Waals surface area (Å²) in [5.74, 6) is -1.30. The average Bonchev–Trinajstić information content (AvgIpc) is 2.45. The number of rotatable bonds is 10.